The first-order valence-corrected chi connectivity index (χ1v) is 42.8. The quantitative estimate of drug-likeness (QED) is 0.00346. The molecular weight excluding hydrogens is 1840 g/mol. The first kappa shape index (κ1) is 108. The zero-order valence-electron chi connectivity index (χ0n) is 74.0. The topological polar surface area (TPSA) is 524 Å². The number of rotatable bonds is 27. The number of allylic oxidation sites excluding steroid dienone is 1. The average molecular weight is 1940 g/mol. The van der Waals surface area contributed by atoms with Gasteiger partial charge in [-0.05, 0) is 131 Å². The number of ketones is 2. The van der Waals surface area contributed by atoms with Crippen LogP contribution in [0.5, 0.6) is 23.0 Å². The fourth-order valence-corrected chi connectivity index (χ4v) is 12.6. The van der Waals surface area contributed by atoms with Crippen LogP contribution >= 0.6 is 46.4 Å². The van der Waals surface area contributed by atoms with Crippen LogP contribution in [0.1, 0.15) is 86.7 Å². The van der Waals surface area contributed by atoms with Gasteiger partial charge in [0.15, 0.2) is 0 Å². The van der Waals surface area contributed by atoms with Crippen molar-refractivity contribution in [1.29, 1.82) is 0 Å². The Kier molecular flexibility index (Phi) is 44.5. The average Bonchev–Trinajstić information content (AvgIpc) is 1.84. The van der Waals surface area contributed by atoms with Crippen molar-refractivity contribution in [2.75, 3.05) is 133 Å². The van der Waals surface area contributed by atoms with E-state index in [-0.39, 0.29) is 83.2 Å². The highest BCUT2D eigenvalue weighted by Crippen LogP contribution is 2.35. The van der Waals surface area contributed by atoms with E-state index in [1.54, 1.807) is 91.0 Å². The summed E-state index contributed by atoms with van der Waals surface area (Å²) in [5, 5.41) is 37.7. The maximum absolute atomic E-state index is 12.7. The van der Waals surface area contributed by atoms with E-state index in [4.69, 9.17) is 117 Å². The number of hydrogen-bond donors (Lipinski definition) is 8. The number of aromatic nitrogens is 4. The SMILES string of the molecule is C=CC(=O)Cl.C=CC(=O)Nc1cc(Cc2ncc(Cl)c(Cc3ccccc3C(=O)C(=O)N(C)C)n2)ccc1OC1CCOC1.C=CC(=O)Nc1cc(N)ccc1OC1CCOC1.C=CC(=O)Nc1cc([N+](=O)[O-])ccc1OC1CCOC1.CN(C)C(=O)C(=O)c1ccccc1Cc1nc(Cl)ncc1Cl.Nc1cc([N+](=O)[O-])ccc1F.Nc1ccc(OC2CCOC2)c(N)c1.OC1CCOC1. The van der Waals surface area contributed by atoms with Crippen LogP contribution in [0, 0.1) is 26.0 Å². The molecule has 0 radical (unpaired) electrons. The van der Waals surface area contributed by atoms with Gasteiger partial charge in [0.1, 0.15) is 59.1 Å². The minimum atomic E-state index is -0.643. The van der Waals surface area contributed by atoms with Crippen molar-refractivity contribution in [3.63, 3.8) is 0 Å². The zero-order valence-corrected chi connectivity index (χ0v) is 77.0. The molecule has 5 aliphatic heterocycles. The molecule has 5 atom stereocenters. The number of hydrogen-bond acceptors (Lipinski definition) is 30. The van der Waals surface area contributed by atoms with Crippen LogP contribution in [0.4, 0.5) is 55.6 Å². The van der Waals surface area contributed by atoms with Crippen molar-refractivity contribution >= 4 is 144 Å². The second-order valence-corrected chi connectivity index (χ2v) is 31.2. The van der Waals surface area contributed by atoms with E-state index in [1.807, 2.05) is 12.1 Å². The molecule has 5 fully saturated rings. The number of carbonyl (C=O) groups excluding carboxylic acids is 8. The number of nitrogen functional groups attached to an aromatic ring is 4. The molecule has 5 saturated heterocycles. The normalized spacial score (nSPS) is 15.6. The first-order chi connectivity index (χ1) is 64.5. The Balaban J connectivity index is 0.000000225. The Labute approximate surface area is 796 Å². The molecule has 135 heavy (non-hydrogen) atoms. The number of ether oxygens (including phenoxy) is 9. The molecular formula is C93H102Cl4FN15O22. The fraction of sp³-hybridized carbons (Fsp3) is 0.290. The number of carbonyl (C=O) groups is 8. The van der Waals surface area contributed by atoms with Gasteiger partial charge in [-0.15, -0.1) is 0 Å². The summed E-state index contributed by atoms with van der Waals surface area (Å²) >= 11 is 22.9. The minimum absolute atomic E-state index is 0.0213. The molecule has 0 aliphatic carbocycles. The molecule has 7 aromatic carbocycles. The van der Waals surface area contributed by atoms with Crippen LogP contribution < -0.4 is 57.8 Å². The summed E-state index contributed by atoms with van der Waals surface area (Å²) < 4.78 is 61.4. The fourth-order valence-electron chi connectivity index (χ4n) is 12.1. The summed E-state index contributed by atoms with van der Waals surface area (Å²) in [5.74, 6) is -1.42. The van der Waals surface area contributed by atoms with E-state index in [2.05, 4.69) is 62.2 Å². The van der Waals surface area contributed by atoms with E-state index in [9.17, 15) is 63.0 Å². The van der Waals surface area contributed by atoms with Crippen LogP contribution in [0.25, 0.3) is 0 Å². The number of non-ortho nitro benzene ring substituents is 2. The maximum atomic E-state index is 12.7. The summed E-state index contributed by atoms with van der Waals surface area (Å²) in [5.41, 5.74) is 28.4. The van der Waals surface area contributed by atoms with Crippen molar-refractivity contribution < 1.29 is 100 Å². The van der Waals surface area contributed by atoms with Crippen molar-refractivity contribution in [2.45, 2.75) is 81.9 Å². The summed E-state index contributed by atoms with van der Waals surface area (Å²) in [6.45, 7) is 19.5. The largest absolute Gasteiger partial charge is 0.486 e. The molecule has 14 rings (SSSR count). The number of benzene rings is 7. The number of nitrogens with one attached hydrogen (secondary N) is 3. The van der Waals surface area contributed by atoms with Crippen molar-refractivity contribution in [2.24, 2.45) is 0 Å². The Hall–Kier alpha value is -13.9. The van der Waals surface area contributed by atoms with E-state index >= 15 is 0 Å². The Morgan fingerprint density at radius 1 is 0.489 bits per heavy atom. The third-order valence-electron chi connectivity index (χ3n) is 19.0. The lowest BCUT2D eigenvalue weighted by molar-refractivity contribution is -0.385. The molecule has 2 aromatic heterocycles. The van der Waals surface area contributed by atoms with Gasteiger partial charge in [-0.3, -0.25) is 58.6 Å². The van der Waals surface area contributed by atoms with Crippen LogP contribution in [-0.2, 0) is 71.7 Å². The number of likely N-dealkylation sites (N-methyl/N-ethyl adjacent to an activating group) is 2. The molecule has 5 unspecified atom stereocenters. The molecule has 5 aliphatic rings. The van der Waals surface area contributed by atoms with E-state index < -0.39 is 50.2 Å². The maximum Gasteiger partial charge on any atom is 0.294 e. The molecule has 37 nitrogen and oxygen atoms in total. The van der Waals surface area contributed by atoms with Crippen molar-refractivity contribution in [3.8, 4) is 23.0 Å². The van der Waals surface area contributed by atoms with Gasteiger partial charge in [0.25, 0.3) is 34.8 Å². The number of nitrogens with zero attached hydrogens (tertiary/aromatic N) is 8. The molecule has 5 amide bonds. The Morgan fingerprint density at radius 2 is 0.874 bits per heavy atom. The lowest BCUT2D eigenvalue weighted by Crippen LogP contribution is -2.30. The number of nitro benzene ring substituents is 2. The van der Waals surface area contributed by atoms with Gasteiger partial charge in [-0.25, -0.2) is 24.3 Å². The second-order valence-electron chi connectivity index (χ2n) is 29.7. The van der Waals surface area contributed by atoms with Crippen molar-refractivity contribution in [3.05, 3.63) is 289 Å². The molecule has 716 valence electrons. The highest BCUT2D eigenvalue weighted by molar-refractivity contribution is 6.66. The molecule has 42 heteroatoms. The number of nitro groups is 2. The number of aliphatic hydroxyl groups is 1. The number of anilines is 7. The van der Waals surface area contributed by atoms with Crippen LogP contribution in [0.3, 0.4) is 0 Å². The van der Waals surface area contributed by atoms with E-state index in [0.29, 0.717) is 160 Å². The number of halogens is 5. The van der Waals surface area contributed by atoms with Gasteiger partial charge in [0.2, 0.25) is 28.2 Å². The van der Waals surface area contributed by atoms with Gasteiger partial charge in [0.05, 0.1) is 131 Å². The number of amides is 5. The van der Waals surface area contributed by atoms with Crippen LogP contribution in [0.2, 0.25) is 15.3 Å². The molecule has 12 N–H and O–H groups in total. The molecule has 0 saturated carbocycles. The van der Waals surface area contributed by atoms with Gasteiger partial charge in [-0.2, -0.15) is 0 Å². The standard InChI is InChI=1S/C29H29ClN4O5.C15H13Cl2N3O2.C13H14N2O5.C13H16N2O3.C10H14N2O2.C6H5FN2O2.C4H8O2.C3H3ClO/c1-4-27(35)33-24-13-18(9-10-25(24)39-20-11-12-38-17-20)14-26-31-16-22(30)23(32-26)15-19-7-5-6-8-21(19)28(36)29(37)34(2)3;1-20(2)14(22)13(21)10-6-4-3-5-9(10)7-12-11(16)8-18-15(17)19-12;1-2-13(16)14-11-7-9(15(17)18)3-4-12(11)20-10-5-6-19-8-10;1-2-13(16)15-11-7-9(14)3-4-12(11)18-10-5-6-17-8-10;11-7-1-2-10(9(12)5-7)14-8-3-4-13-6-8;7-5-2-1-4(9(10)11)3-6(5)8;5-4-1-2-6-3-4;1-2-3(4)5/h4-10,13,16,20H,1,11-12,14-15,17H2,2-3H3,(H,33,35);3-6,8H,7H2,1-2H3;2-4,7,10H,1,5-6,8H2,(H,14,16);2-4,7,10H,1,5-6,8,14H2,(H,15,16);1-2,5,8H,3-4,6,11-12H2;1-3H,8H2;4-5H,1-3H2;2H,1H2. The molecule has 0 spiro atoms. The number of nitrogens with two attached hydrogens (primary N) is 4. The highest BCUT2D eigenvalue weighted by Gasteiger charge is 2.28. The van der Waals surface area contributed by atoms with Gasteiger partial charge in [-0.1, -0.05) is 104 Å². The van der Waals surface area contributed by atoms with Gasteiger partial charge >= 0.3 is 0 Å². The molecule has 7 heterocycles. The third-order valence-corrected chi connectivity index (χ3v) is 20.0. The van der Waals surface area contributed by atoms with Gasteiger partial charge < -0.3 is 96.4 Å². The zero-order chi connectivity index (χ0) is 98.8. The summed E-state index contributed by atoms with van der Waals surface area (Å²) in [6, 6.07) is 36.7. The van der Waals surface area contributed by atoms with Crippen LogP contribution in [0.15, 0.2) is 203 Å². The van der Waals surface area contributed by atoms with E-state index in [1.165, 1.54) is 80.7 Å². The van der Waals surface area contributed by atoms with Crippen molar-refractivity contribution in [1.82, 2.24) is 29.7 Å². The third kappa shape index (κ3) is 36.5. The minimum Gasteiger partial charge on any atom is -0.486 e. The predicted molar refractivity (Wildman–Crippen MR) is 508 cm³/mol. The summed E-state index contributed by atoms with van der Waals surface area (Å²) in [4.78, 5) is 132. The molecule has 0 bridgehead atoms. The van der Waals surface area contributed by atoms with Crippen LogP contribution in [-0.4, -0.2) is 216 Å². The molecule has 9 aromatic rings. The second kappa shape index (κ2) is 55.5. The Morgan fingerprint density at radius 3 is 1.27 bits per heavy atom. The lowest BCUT2D eigenvalue weighted by Gasteiger charge is -2.17. The predicted octanol–water partition coefficient (Wildman–Crippen LogP) is 13.0. The monoisotopic (exact) mass is 1940 g/mol. The number of aliphatic hydroxyl groups excluding tert-OH is 1. The van der Waals surface area contributed by atoms with E-state index in [0.717, 1.165) is 81.2 Å². The smallest absolute Gasteiger partial charge is 0.294 e. The van der Waals surface area contributed by atoms with Gasteiger partial charge in [0, 0.05) is 133 Å². The highest BCUT2D eigenvalue weighted by atomic mass is 35.5. The first-order valence-electron chi connectivity index (χ1n) is 41.3. The Bertz CT molecular complexity index is 5660. The summed E-state index contributed by atoms with van der Waals surface area (Å²) in [7, 11) is 6.13. The lowest BCUT2D eigenvalue weighted by atomic mass is 9.99. The number of Topliss-reactive ketones (excluding diaryl/α,β-unsaturated/α-hetero) is 2. The summed E-state index contributed by atoms with van der Waals surface area (Å²) in [6.07, 6.45) is 12.2.